The van der Waals surface area contributed by atoms with E-state index in [0.29, 0.717) is 20.9 Å². The van der Waals surface area contributed by atoms with Crippen LogP contribution in [0.1, 0.15) is 16.2 Å². The fraction of sp³-hybridized carbons (Fsp3) is 0.0952. The van der Waals surface area contributed by atoms with Crippen molar-refractivity contribution in [3.8, 4) is 17.0 Å². The second kappa shape index (κ2) is 8.33. The SMILES string of the molecule is COc1ccc(-c2cc(C(F)(F)F)n3nc(C(=O)Nc4cc(Cl)ccc4Cl)cc3n2)cc1. The van der Waals surface area contributed by atoms with E-state index in [1.165, 1.54) is 25.3 Å². The van der Waals surface area contributed by atoms with Gasteiger partial charge in [-0.05, 0) is 48.5 Å². The molecule has 1 amide bonds. The Labute approximate surface area is 189 Å². The number of nitrogens with zero attached hydrogens (tertiary/aromatic N) is 3. The van der Waals surface area contributed by atoms with E-state index >= 15 is 0 Å². The number of nitrogens with one attached hydrogen (secondary N) is 1. The standard InChI is InChI=1S/C21H13Cl2F3N4O2/c1-32-13-5-2-11(3-6-13)15-9-18(21(24,25)26)30-19(27-15)10-17(29-30)20(31)28-16-8-12(22)4-7-14(16)23/h2-10H,1H3,(H,28,31). The number of carbonyl (C=O) groups is 1. The van der Waals surface area contributed by atoms with Gasteiger partial charge in [-0.1, -0.05) is 23.2 Å². The Hall–Kier alpha value is -3.30. The Morgan fingerprint density at radius 2 is 1.78 bits per heavy atom. The minimum Gasteiger partial charge on any atom is -0.497 e. The molecular formula is C21H13Cl2F3N4O2. The number of methoxy groups -OCH3 is 1. The number of alkyl halides is 3. The zero-order valence-electron chi connectivity index (χ0n) is 16.2. The number of aromatic nitrogens is 3. The van der Waals surface area contributed by atoms with Crippen LogP contribution in [0.3, 0.4) is 0 Å². The van der Waals surface area contributed by atoms with Crippen LogP contribution in [0.25, 0.3) is 16.9 Å². The van der Waals surface area contributed by atoms with E-state index in [4.69, 9.17) is 27.9 Å². The van der Waals surface area contributed by atoms with Crippen LogP contribution in [0.5, 0.6) is 5.75 Å². The van der Waals surface area contributed by atoms with E-state index < -0.39 is 17.8 Å². The van der Waals surface area contributed by atoms with Crippen molar-refractivity contribution in [1.29, 1.82) is 0 Å². The summed E-state index contributed by atoms with van der Waals surface area (Å²) < 4.78 is 46.9. The van der Waals surface area contributed by atoms with E-state index in [9.17, 15) is 18.0 Å². The molecule has 4 aromatic rings. The number of hydrogen-bond acceptors (Lipinski definition) is 4. The molecule has 0 saturated heterocycles. The van der Waals surface area contributed by atoms with Gasteiger partial charge < -0.3 is 10.1 Å². The first kappa shape index (κ1) is 21.9. The zero-order valence-corrected chi connectivity index (χ0v) is 17.8. The Morgan fingerprint density at radius 1 is 1.06 bits per heavy atom. The van der Waals surface area contributed by atoms with Gasteiger partial charge in [0.2, 0.25) is 0 Å². The molecular weight excluding hydrogens is 468 g/mol. The second-order valence-corrected chi connectivity index (χ2v) is 7.47. The Kier molecular flexibility index (Phi) is 5.70. The number of amides is 1. The van der Waals surface area contributed by atoms with Gasteiger partial charge in [0, 0.05) is 16.7 Å². The van der Waals surface area contributed by atoms with Crippen LogP contribution in [-0.4, -0.2) is 27.6 Å². The smallest absolute Gasteiger partial charge is 0.433 e. The lowest BCUT2D eigenvalue weighted by molar-refractivity contribution is -0.142. The summed E-state index contributed by atoms with van der Waals surface area (Å²) in [6, 6.07) is 12.9. The van der Waals surface area contributed by atoms with E-state index in [1.807, 2.05) is 0 Å². The highest BCUT2D eigenvalue weighted by Crippen LogP contribution is 2.33. The first-order chi connectivity index (χ1) is 15.2. The minimum absolute atomic E-state index is 0.0669. The fourth-order valence-electron chi connectivity index (χ4n) is 2.98. The van der Waals surface area contributed by atoms with E-state index in [-0.39, 0.29) is 27.7 Å². The Morgan fingerprint density at radius 3 is 2.44 bits per heavy atom. The van der Waals surface area contributed by atoms with Crippen molar-refractivity contribution in [2.24, 2.45) is 0 Å². The van der Waals surface area contributed by atoms with Crippen molar-refractivity contribution in [2.75, 3.05) is 12.4 Å². The maximum atomic E-state index is 13.7. The van der Waals surface area contributed by atoms with Crippen molar-refractivity contribution >= 4 is 40.4 Å². The van der Waals surface area contributed by atoms with Gasteiger partial charge in [-0.3, -0.25) is 4.79 Å². The minimum atomic E-state index is -4.74. The third kappa shape index (κ3) is 4.35. The van der Waals surface area contributed by atoms with Crippen LogP contribution in [-0.2, 0) is 6.18 Å². The lowest BCUT2D eigenvalue weighted by atomic mass is 10.1. The molecule has 6 nitrogen and oxygen atoms in total. The molecule has 11 heteroatoms. The monoisotopic (exact) mass is 480 g/mol. The summed E-state index contributed by atoms with van der Waals surface area (Å²) in [5.41, 5.74) is -0.787. The van der Waals surface area contributed by atoms with Gasteiger partial charge in [-0.15, -0.1) is 0 Å². The number of hydrogen-bond donors (Lipinski definition) is 1. The molecule has 2 aromatic heterocycles. The van der Waals surface area contributed by atoms with Crippen LogP contribution < -0.4 is 10.1 Å². The van der Waals surface area contributed by atoms with Crippen LogP contribution in [0.4, 0.5) is 18.9 Å². The highest BCUT2D eigenvalue weighted by molar-refractivity contribution is 6.35. The van der Waals surface area contributed by atoms with Gasteiger partial charge in [0.05, 0.1) is 23.5 Å². The van der Waals surface area contributed by atoms with Crippen LogP contribution >= 0.6 is 23.2 Å². The highest BCUT2D eigenvalue weighted by Gasteiger charge is 2.35. The molecule has 1 N–H and O–H groups in total. The van der Waals surface area contributed by atoms with E-state index in [1.54, 1.807) is 24.3 Å². The zero-order chi connectivity index (χ0) is 23.0. The van der Waals surface area contributed by atoms with Crippen LogP contribution in [0.15, 0.2) is 54.6 Å². The number of anilines is 1. The van der Waals surface area contributed by atoms with E-state index in [0.717, 1.165) is 12.1 Å². The number of ether oxygens (including phenoxy) is 1. The van der Waals surface area contributed by atoms with Crippen molar-refractivity contribution in [3.05, 3.63) is 76.0 Å². The number of carbonyl (C=O) groups excluding carboxylic acids is 1. The molecule has 0 bridgehead atoms. The van der Waals surface area contributed by atoms with Crippen molar-refractivity contribution < 1.29 is 22.7 Å². The maximum Gasteiger partial charge on any atom is 0.433 e. The van der Waals surface area contributed by atoms with Gasteiger partial charge in [0.15, 0.2) is 17.0 Å². The molecule has 32 heavy (non-hydrogen) atoms. The lowest BCUT2D eigenvalue weighted by Crippen LogP contribution is -2.16. The normalized spacial score (nSPS) is 11.6. The molecule has 0 radical (unpaired) electrons. The summed E-state index contributed by atoms with van der Waals surface area (Å²) in [6.45, 7) is 0. The van der Waals surface area contributed by atoms with Gasteiger partial charge in [0.25, 0.3) is 5.91 Å². The fourth-order valence-corrected chi connectivity index (χ4v) is 3.31. The molecule has 4 rings (SSSR count). The summed E-state index contributed by atoms with van der Waals surface area (Å²) in [4.78, 5) is 16.9. The number of halogens is 5. The van der Waals surface area contributed by atoms with Crippen LogP contribution in [0.2, 0.25) is 10.0 Å². The van der Waals surface area contributed by atoms with Gasteiger partial charge in [-0.2, -0.15) is 18.3 Å². The molecule has 0 aliphatic heterocycles. The molecule has 0 fully saturated rings. The molecule has 2 aromatic carbocycles. The lowest BCUT2D eigenvalue weighted by Gasteiger charge is -2.11. The predicted octanol–water partition coefficient (Wildman–Crippen LogP) is 5.98. The first-order valence-corrected chi connectivity index (χ1v) is 9.80. The van der Waals surface area contributed by atoms with Crippen molar-refractivity contribution in [1.82, 2.24) is 14.6 Å². The Bertz CT molecular complexity index is 1320. The third-order valence-corrected chi connectivity index (χ3v) is 5.08. The molecule has 0 spiro atoms. The summed E-state index contributed by atoms with van der Waals surface area (Å²) >= 11 is 11.9. The average Bonchev–Trinajstić information content (AvgIpc) is 3.19. The average molecular weight is 481 g/mol. The van der Waals surface area contributed by atoms with Gasteiger partial charge in [0.1, 0.15) is 5.75 Å². The predicted molar refractivity (Wildman–Crippen MR) is 114 cm³/mol. The maximum absolute atomic E-state index is 13.7. The quantitative estimate of drug-likeness (QED) is 0.389. The van der Waals surface area contributed by atoms with Gasteiger partial charge >= 0.3 is 6.18 Å². The molecule has 164 valence electrons. The summed E-state index contributed by atoms with van der Waals surface area (Å²) in [5.74, 6) is -0.215. The third-order valence-electron chi connectivity index (χ3n) is 4.51. The van der Waals surface area contributed by atoms with Crippen molar-refractivity contribution in [3.63, 3.8) is 0 Å². The molecule has 0 unspecified atom stereocenters. The molecule has 2 heterocycles. The molecule has 0 saturated carbocycles. The Balaban J connectivity index is 1.77. The second-order valence-electron chi connectivity index (χ2n) is 6.63. The molecule has 0 aliphatic rings. The summed E-state index contributed by atoms with van der Waals surface area (Å²) in [6.07, 6.45) is -4.74. The van der Waals surface area contributed by atoms with Crippen molar-refractivity contribution in [2.45, 2.75) is 6.18 Å². The van der Waals surface area contributed by atoms with E-state index in [2.05, 4.69) is 15.4 Å². The van der Waals surface area contributed by atoms with Gasteiger partial charge in [-0.25, -0.2) is 9.50 Å². The molecule has 0 aliphatic carbocycles. The topological polar surface area (TPSA) is 68.5 Å². The number of rotatable bonds is 4. The van der Waals surface area contributed by atoms with Crippen LogP contribution in [0, 0.1) is 0 Å². The highest BCUT2D eigenvalue weighted by atomic mass is 35.5. The summed E-state index contributed by atoms with van der Waals surface area (Å²) in [7, 11) is 1.48. The first-order valence-electron chi connectivity index (χ1n) is 9.04. The molecule has 0 atom stereocenters. The number of benzene rings is 2. The number of fused-ring (bicyclic) bond motifs is 1. The summed E-state index contributed by atoms with van der Waals surface area (Å²) in [5, 5.41) is 6.84. The largest absolute Gasteiger partial charge is 0.497 e.